The Hall–Kier alpha value is -3.20. The third kappa shape index (κ3) is 7.89. The van der Waals surface area contributed by atoms with E-state index < -0.39 is 23.8 Å². The van der Waals surface area contributed by atoms with Crippen LogP contribution in [0, 0.1) is 13.8 Å². The lowest BCUT2D eigenvalue weighted by Gasteiger charge is -2.34. The van der Waals surface area contributed by atoms with Crippen molar-refractivity contribution in [2.45, 2.75) is 71.2 Å². The molecule has 1 aliphatic rings. The summed E-state index contributed by atoms with van der Waals surface area (Å²) >= 11 is 4.33. The smallest absolute Gasteiger partial charge is 0.408 e. The highest BCUT2D eigenvalue weighted by atomic mass is 32.1. The van der Waals surface area contributed by atoms with Gasteiger partial charge in [-0.15, -0.1) is 0 Å². The number of carbonyl (C=O) groups is 3. The molecule has 2 unspecified atom stereocenters. The zero-order valence-electron chi connectivity index (χ0n) is 22.3. The summed E-state index contributed by atoms with van der Waals surface area (Å²) < 4.78 is 10.6. The van der Waals surface area contributed by atoms with Gasteiger partial charge in [-0.1, -0.05) is 29.3 Å². The van der Waals surface area contributed by atoms with Crippen LogP contribution in [0.4, 0.5) is 10.5 Å². The fourth-order valence-corrected chi connectivity index (χ4v) is 4.42. The average Bonchev–Trinajstić information content (AvgIpc) is 3.64. The minimum atomic E-state index is -0.957. The van der Waals surface area contributed by atoms with Gasteiger partial charge in [-0.2, -0.15) is 12.6 Å². The van der Waals surface area contributed by atoms with E-state index in [-0.39, 0.29) is 23.6 Å². The van der Waals surface area contributed by atoms with Crippen LogP contribution >= 0.6 is 12.6 Å². The molecule has 0 aliphatic heterocycles. The number of aryl methyl sites for hydroxylation is 2. The van der Waals surface area contributed by atoms with Gasteiger partial charge in [0.15, 0.2) is 0 Å². The summed E-state index contributed by atoms with van der Waals surface area (Å²) in [6.45, 7) is 9.16. The Morgan fingerprint density at radius 3 is 2.14 bits per heavy atom. The maximum Gasteiger partial charge on any atom is 0.408 e. The summed E-state index contributed by atoms with van der Waals surface area (Å²) in [5, 5.41) is 5.60. The van der Waals surface area contributed by atoms with Crippen molar-refractivity contribution in [1.29, 1.82) is 0 Å². The van der Waals surface area contributed by atoms with Gasteiger partial charge < -0.3 is 25.0 Å². The molecule has 9 heteroatoms. The number of methoxy groups -OCH3 is 1. The molecule has 200 valence electrons. The number of rotatable bonds is 9. The average molecular weight is 528 g/mol. The van der Waals surface area contributed by atoms with Crippen LogP contribution in [0.5, 0.6) is 5.75 Å². The van der Waals surface area contributed by atoms with Gasteiger partial charge in [0, 0.05) is 17.5 Å². The second-order valence-electron chi connectivity index (χ2n) is 10.4. The number of anilines is 1. The third-order valence-electron chi connectivity index (χ3n) is 5.81. The molecule has 1 aliphatic carbocycles. The highest BCUT2D eigenvalue weighted by molar-refractivity contribution is 7.80. The molecule has 0 aromatic heterocycles. The van der Waals surface area contributed by atoms with E-state index in [0.717, 1.165) is 24.0 Å². The molecule has 0 heterocycles. The van der Waals surface area contributed by atoms with Crippen molar-refractivity contribution in [3.63, 3.8) is 0 Å². The Morgan fingerprint density at radius 1 is 1.05 bits per heavy atom. The van der Waals surface area contributed by atoms with E-state index in [1.54, 1.807) is 57.0 Å². The number of carbonyl (C=O) groups excluding carboxylic acids is 3. The fourth-order valence-electron chi connectivity index (χ4n) is 4.18. The van der Waals surface area contributed by atoms with Gasteiger partial charge in [0.2, 0.25) is 5.91 Å². The Balaban J connectivity index is 1.96. The predicted molar refractivity (Wildman–Crippen MR) is 147 cm³/mol. The third-order valence-corrected chi connectivity index (χ3v) is 6.18. The molecular formula is C28H37N3O5S. The quantitative estimate of drug-likeness (QED) is 0.407. The molecule has 3 amide bonds. The van der Waals surface area contributed by atoms with Crippen molar-refractivity contribution in [3.8, 4) is 5.75 Å². The maximum absolute atomic E-state index is 13.9. The summed E-state index contributed by atoms with van der Waals surface area (Å²) in [5.74, 6) is 0.00695. The second kappa shape index (κ2) is 11.9. The fraction of sp³-hybridized carbons (Fsp3) is 0.464. The molecule has 8 nitrogen and oxygen atoms in total. The molecule has 0 bridgehead atoms. The van der Waals surface area contributed by atoms with Gasteiger partial charge in [-0.05, 0) is 77.3 Å². The van der Waals surface area contributed by atoms with Crippen molar-refractivity contribution in [2.75, 3.05) is 18.2 Å². The minimum Gasteiger partial charge on any atom is -0.497 e. The summed E-state index contributed by atoms with van der Waals surface area (Å²) in [6, 6.07) is 10.9. The topological polar surface area (TPSA) is 97.0 Å². The molecule has 2 N–H and O–H groups in total. The first-order valence-corrected chi connectivity index (χ1v) is 13.0. The van der Waals surface area contributed by atoms with Crippen LogP contribution in [0.15, 0.2) is 42.5 Å². The van der Waals surface area contributed by atoms with Crippen LogP contribution in [-0.4, -0.2) is 53.4 Å². The van der Waals surface area contributed by atoms with Crippen molar-refractivity contribution in [1.82, 2.24) is 10.2 Å². The summed E-state index contributed by atoms with van der Waals surface area (Å²) in [7, 11) is 1.58. The van der Waals surface area contributed by atoms with Crippen LogP contribution in [-0.2, 0) is 14.3 Å². The van der Waals surface area contributed by atoms with Gasteiger partial charge in [0.05, 0.1) is 7.11 Å². The number of benzene rings is 2. The highest BCUT2D eigenvalue weighted by Gasteiger charge is 2.44. The van der Waals surface area contributed by atoms with Gasteiger partial charge in [0.1, 0.15) is 23.4 Å². The number of thiol groups is 1. The largest absolute Gasteiger partial charge is 0.497 e. The standard InChI is InChI=1S/C28H37N3O5S/c1-17-13-18(2)15-19(14-17)24(25(32)29-20-7-11-22(35-6)12-8-20)31(21-9-10-21)26(33)23(16-37)30-27(34)36-28(3,4)5/h7-8,11-15,21,23-24,37H,9-10,16H2,1-6H3,(H,29,32)(H,30,34). The van der Waals surface area contributed by atoms with Crippen molar-refractivity contribution < 1.29 is 23.9 Å². The Morgan fingerprint density at radius 2 is 1.65 bits per heavy atom. The zero-order chi connectivity index (χ0) is 27.3. The van der Waals surface area contributed by atoms with E-state index in [1.807, 2.05) is 32.0 Å². The summed E-state index contributed by atoms with van der Waals surface area (Å²) in [5.41, 5.74) is 2.54. The first-order valence-electron chi connectivity index (χ1n) is 12.4. The van der Waals surface area contributed by atoms with E-state index in [0.29, 0.717) is 17.0 Å². The molecule has 1 fully saturated rings. The zero-order valence-corrected chi connectivity index (χ0v) is 23.2. The van der Waals surface area contributed by atoms with E-state index in [4.69, 9.17) is 9.47 Å². The second-order valence-corrected chi connectivity index (χ2v) is 10.8. The molecule has 2 aromatic rings. The number of ether oxygens (including phenoxy) is 2. The molecule has 0 saturated heterocycles. The predicted octanol–water partition coefficient (Wildman–Crippen LogP) is 4.81. The van der Waals surface area contributed by atoms with Crippen molar-refractivity contribution in [3.05, 3.63) is 59.2 Å². The number of amides is 3. The molecule has 3 rings (SSSR count). The van der Waals surface area contributed by atoms with Crippen molar-refractivity contribution in [2.24, 2.45) is 0 Å². The van der Waals surface area contributed by atoms with Gasteiger partial charge in [0.25, 0.3) is 5.91 Å². The van der Waals surface area contributed by atoms with Gasteiger partial charge in [-0.25, -0.2) is 4.79 Å². The van der Waals surface area contributed by atoms with Gasteiger partial charge >= 0.3 is 6.09 Å². The highest BCUT2D eigenvalue weighted by Crippen LogP contribution is 2.37. The maximum atomic E-state index is 13.9. The van der Waals surface area contributed by atoms with E-state index in [9.17, 15) is 14.4 Å². The van der Waals surface area contributed by atoms with E-state index in [1.165, 1.54) is 0 Å². The van der Waals surface area contributed by atoms with E-state index >= 15 is 0 Å². The molecule has 37 heavy (non-hydrogen) atoms. The Kier molecular flexibility index (Phi) is 9.12. The van der Waals surface area contributed by atoms with Crippen LogP contribution in [0.25, 0.3) is 0 Å². The molecule has 2 atom stereocenters. The van der Waals surface area contributed by atoms with Crippen molar-refractivity contribution >= 4 is 36.2 Å². The Bertz CT molecular complexity index is 1110. The molecular weight excluding hydrogens is 490 g/mol. The number of hydrogen-bond acceptors (Lipinski definition) is 6. The normalized spacial score (nSPS) is 14.8. The first-order chi connectivity index (χ1) is 17.4. The SMILES string of the molecule is COc1ccc(NC(=O)C(c2cc(C)cc(C)c2)N(C(=O)C(CS)NC(=O)OC(C)(C)C)C2CC2)cc1. The number of alkyl carbamates (subject to hydrolysis) is 1. The van der Waals surface area contributed by atoms with E-state index in [2.05, 4.69) is 23.3 Å². The van der Waals surface area contributed by atoms with Gasteiger partial charge in [-0.3, -0.25) is 9.59 Å². The van der Waals surface area contributed by atoms with Crippen LogP contribution in [0.1, 0.15) is 56.3 Å². The minimum absolute atomic E-state index is 0.0565. The number of hydrogen-bond donors (Lipinski definition) is 3. The summed E-state index contributed by atoms with van der Waals surface area (Å²) in [4.78, 5) is 41.8. The lowest BCUT2D eigenvalue weighted by Crippen LogP contribution is -2.54. The molecule has 0 spiro atoms. The van der Waals surface area contributed by atoms with Crippen LogP contribution in [0.2, 0.25) is 0 Å². The molecule has 1 saturated carbocycles. The lowest BCUT2D eigenvalue weighted by molar-refractivity contribution is -0.141. The molecule has 2 aromatic carbocycles. The number of nitrogens with one attached hydrogen (secondary N) is 2. The number of nitrogens with zero attached hydrogens (tertiary/aromatic N) is 1. The lowest BCUT2D eigenvalue weighted by atomic mass is 9.98. The first kappa shape index (κ1) is 28.4. The Labute approximate surface area is 224 Å². The van der Waals surface area contributed by atoms with Crippen LogP contribution < -0.4 is 15.4 Å². The monoisotopic (exact) mass is 527 g/mol. The molecule has 0 radical (unpaired) electrons. The summed E-state index contributed by atoms with van der Waals surface area (Å²) in [6.07, 6.45) is 0.838. The van der Waals surface area contributed by atoms with Crippen LogP contribution in [0.3, 0.4) is 0 Å².